The van der Waals surface area contributed by atoms with Crippen molar-refractivity contribution in [2.75, 3.05) is 18.6 Å². The second-order valence-electron chi connectivity index (χ2n) is 4.31. The largest absolute Gasteiger partial charge is 0.481 e. The summed E-state index contributed by atoms with van der Waals surface area (Å²) in [6.07, 6.45) is 4.30. The van der Waals surface area contributed by atoms with Gasteiger partial charge in [0, 0.05) is 12.6 Å². The Morgan fingerprint density at radius 3 is 2.88 bits per heavy atom. The molecule has 6 heteroatoms. The van der Waals surface area contributed by atoms with Gasteiger partial charge in [0.1, 0.15) is 0 Å². The van der Waals surface area contributed by atoms with Crippen molar-refractivity contribution in [3.05, 3.63) is 0 Å². The molecule has 0 radical (unpaired) electrons. The van der Waals surface area contributed by atoms with Gasteiger partial charge in [-0.25, -0.2) is 0 Å². The molecule has 0 aromatic rings. The van der Waals surface area contributed by atoms with Crippen LogP contribution in [0.25, 0.3) is 0 Å². The number of aliphatic carboxylic acids is 1. The van der Waals surface area contributed by atoms with Crippen LogP contribution in [0.3, 0.4) is 0 Å². The van der Waals surface area contributed by atoms with Gasteiger partial charge < -0.3 is 15.7 Å². The molecule has 1 amide bonds. The summed E-state index contributed by atoms with van der Waals surface area (Å²) < 4.78 is 0. The van der Waals surface area contributed by atoms with Crippen molar-refractivity contribution in [1.29, 1.82) is 0 Å². The van der Waals surface area contributed by atoms with E-state index in [0.29, 0.717) is 13.0 Å². The van der Waals surface area contributed by atoms with Gasteiger partial charge >= 0.3 is 5.97 Å². The molecule has 17 heavy (non-hydrogen) atoms. The minimum atomic E-state index is -0.854. The summed E-state index contributed by atoms with van der Waals surface area (Å²) in [7, 11) is 0. The maximum absolute atomic E-state index is 12.0. The lowest BCUT2D eigenvalue weighted by Gasteiger charge is -2.26. The summed E-state index contributed by atoms with van der Waals surface area (Å²) in [5, 5.41) is 8.78. The number of nitrogens with two attached hydrogens (primary N) is 1. The summed E-state index contributed by atoms with van der Waals surface area (Å²) in [5.41, 5.74) is 5.82. The monoisotopic (exact) mass is 260 g/mol. The van der Waals surface area contributed by atoms with Crippen LogP contribution in [0.4, 0.5) is 0 Å². The first-order chi connectivity index (χ1) is 8.06. The topological polar surface area (TPSA) is 83.6 Å². The van der Waals surface area contributed by atoms with Gasteiger partial charge in [0.15, 0.2) is 0 Å². The van der Waals surface area contributed by atoms with E-state index >= 15 is 0 Å². The van der Waals surface area contributed by atoms with Crippen molar-refractivity contribution in [2.24, 2.45) is 5.73 Å². The molecule has 98 valence electrons. The van der Waals surface area contributed by atoms with Crippen LogP contribution in [-0.2, 0) is 9.59 Å². The lowest BCUT2D eigenvalue weighted by atomic mass is 10.1. The molecular formula is C11H20N2O3S. The molecule has 1 aliphatic rings. The number of carbonyl (C=O) groups is 2. The van der Waals surface area contributed by atoms with Gasteiger partial charge in [-0.3, -0.25) is 9.59 Å². The van der Waals surface area contributed by atoms with Gasteiger partial charge in [-0.1, -0.05) is 0 Å². The van der Waals surface area contributed by atoms with Crippen molar-refractivity contribution in [2.45, 2.75) is 37.8 Å². The third-order valence-electron chi connectivity index (χ3n) is 3.02. The van der Waals surface area contributed by atoms with Crippen LogP contribution in [0, 0.1) is 0 Å². The molecule has 0 saturated carbocycles. The zero-order chi connectivity index (χ0) is 12.8. The number of rotatable bonds is 6. The van der Waals surface area contributed by atoms with Crippen LogP contribution in [0.2, 0.25) is 0 Å². The Hall–Kier alpha value is -0.750. The molecule has 1 fully saturated rings. The predicted octanol–water partition coefficient (Wildman–Crippen LogP) is 0.532. The summed E-state index contributed by atoms with van der Waals surface area (Å²) in [6.45, 7) is 0.643. The first-order valence-electron chi connectivity index (χ1n) is 5.83. The number of thioether (sulfide) groups is 1. The molecule has 0 aliphatic carbocycles. The normalized spacial score (nSPS) is 21.5. The number of nitrogens with zero attached hydrogens (tertiary/aromatic N) is 1. The molecule has 1 heterocycles. The zero-order valence-corrected chi connectivity index (χ0v) is 10.9. The fourth-order valence-corrected chi connectivity index (χ4v) is 2.61. The summed E-state index contributed by atoms with van der Waals surface area (Å²) in [6, 6.07) is -0.655. The maximum Gasteiger partial charge on any atom is 0.305 e. The number of hydrogen-bond donors (Lipinski definition) is 2. The van der Waals surface area contributed by atoms with E-state index < -0.39 is 12.0 Å². The molecule has 3 N–H and O–H groups in total. The number of carbonyl (C=O) groups excluding carboxylic acids is 1. The highest BCUT2D eigenvalue weighted by molar-refractivity contribution is 7.98. The fourth-order valence-electron chi connectivity index (χ4n) is 2.12. The minimum absolute atomic E-state index is 0.0288. The molecule has 0 aromatic heterocycles. The summed E-state index contributed by atoms with van der Waals surface area (Å²) >= 11 is 1.66. The van der Waals surface area contributed by atoms with E-state index in [2.05, 4.69) is 0 Å². The Balaban J connectivity index is 2.51. The number of amides is 1. The summed E-state index contributed by atoms with van der Waals surface area (Å²) in [5.74, 6) is -0.0974. The molecule has 0 spiro atoms. The van der Waals surface area contributed by atoms with E-state index in [0.717, 1.165) is 18.6 Å². The first kappa shape index (κ1) is 14.3. The smallest absolute Gasteiger partial charge is 0.305 e. The van der Waals surface area contributed by atoms with Crippen molar-refractivity contribution in [1.82, 2.24) is 4.90 Å². The van der Waals surface area contributed by atoms with E-state index in [1.807, 2.05) is 6.26 Å². The lowest BCUT2D eigenvalue weighted by Crippen LogP contribution is -2.46. The zero-order valence-electron chi connectivity index (χ0n) is 10.1. The highest BCUT2D eigenvalue weighted by Crippen LogP contribution is 2.21. The van der Waals surface area contributed by atoms with Gasteiger partial charge in [0.2, 0.25) is 5.91 Å². The number of carboxylic acids is 1. The molecule has 1 rings (SSSR count). The first-order valence-corrected chi connectivity index (χ1v) is 7.22. The second kappa shape index (κ2) is 6.86. The Morgan fingerprint density at radius 1 is 1.59 bits per heavy atom. The van der Waals surface area contributed by atoms with Crippen molar-refractivity contribution in [3.63, 3.8) is 0 Å². The molecule has 1 aliphatic heterocycles. The quantitative estimate of drug-likeness (QED) is 0.728. The molecule has 1 unspecified atom stereocenters. The maximum atomic E-state index is 12.0. The van der Waals surface area contributed by atoms with Gasteiger partial charge in [-0.15, -0.1) is 0 Å². The van der Waals surface area contributed by atoms with E-state index in [1.54, 1.807) is 16.7 Å². The van der Waals surface area contributed by atoms with E-state index in [1.165, 1.54) is 0 Å². The van der Waals surface area contributed by atoms with Gasteiger partial charge in [-0.2, -0.15) is 11.8 Å². The Kier molecular flexibility index (Phi) is 5.77. The van der Waals surface area contributed by atoms with Gasteiger partial charge in [0.05, 0.1) is 12.5 Å². The van der Waals surface area contributed by atoms with E-state index in [9.17, 15) is 9.59 Å². The SMILES string of the molecule is CSCC[C@@H](N)C(=O)N1CCCC1CC(=O)O. The van der Waals surface area contributed by atoms with E-state index in [-0.39, 0.29) is 18.4 Å². The molecular weight excluding hydrogens is 240 g/mol. The van der Waals surface area contributed by atoms with Crippen LogP contribution in [0.15, 0.2) is 0 Å². The van der Waals surface area contributed by atoms with Crippen molar-refractivity contribution in [3.8, 4) is 0 Å². The van der Waals surface area contributed by atoms with Crippen molar-refractivity contribution < 1.29 is 14.7 Å². The molecule has 2 atom stereocenters. The Labute approximate surface area is 106 Å². The average Bonchev–Trinajstić information content (AvgIpc) is 2.71. The highest BCUT2D eigenvalue weighted by atomic mass is 32.2. The van der Waals surface area contributed by atoms with Crippen LogP contribution >= 0.6 is 11.8 Å². The number of hydrogen-bond acceptors (Lipinski definition) is 4. The standard InChI is InChI=1S/C11H20N2O3S/c1-17-6-4-9(12)11(16)13-5-2-3-8(13)7-10(14)15/h8-9H,2-7,12H2,1H3,(H,14,15)/t8?,9-/m1/s1. The Bertz CT molecular complexity index is 286. The van der Waals surface area contributed by atoms with E-state index in [4.69, 9.17) is 10.8 Å². The minimum Gasteiger partial charge on any atom is -0.481 e. The molecule has 0 bridgehead atoms. The number of carboxylic acid groups (broad SMARTS) is 1. The fraction of sp³-hybridized carbons (Fsp3) is 0.818. The number of likely N-dealkylation sites (tertiary alicyclic amines) is 1. The molecule has 1 saturated heterocycles. The van der Waals surface area contributed by atoms with Crippen LogP contribution < -0.4 is 5.73 Å². The highest BCUT2D eigenvalue weighted by Gasteiger charge is 2.32. The summed E-state index contributed by atoms with van der Waals surface area (Å²) in [4.78, 5) is 24.4. The Morgan fingerprint density at radius 2 is 2.29 bits per heavy atom. The predicted molar refractivity (Wildman–Crippen MR) is 68.0 cm³/mol. The van der Waals surface area contributed by atoms with Gasteiger partial charge in [-0.05, 0) is 31.3 Å². The third kappa shape index (κ3) is 4.20. The van der Waals surface area contributed by atoms with Crippen LogP contribution in [0.5, 0.6) is 0 Å². The lowest BCUT2D eigenvalue weighted by molar-refractivity contribution is -0.140. The van der Waals surface area contributed by atoms with Gasteiger partial charge in [0.25, 0.3) is 0 Å². The van der Waals surface area contributed by atoms with Crippen LogP contribution in [-0.4, -0.2) is 52.5 Å². The average molecular weight is 260 g/mol. The molecule has 5 nitrogen and oxygen atoms in total. The molecule has 0 aromatic carbocycles. The van der Waals surface area contributed by atoms with Crippen molar-refractivity contribution >= 4 is 23.6 Å². The second-order valence-corrected chi connectivity index (χ2v) is 5.30. The van der Waals surface area contributed by atoms with Crippen LogP contribution in [0.1, 0.15) is 25.7 Å². The third-order valence-corrected chi connectivity index (χ3v) is 3.66.